The number of rotatable bonds is 7. The Hall–Kier alpha value is -1.35. The summed E-state index contributed by atoms with van der Waals surface area (Å²) in [5.41, 5.74) is 0.252. The highest BCUT2D eigenvalue weighted by atomic mass is 35.5. The second-order valence-corrected chi connectivity index (χ2v) is 7.81. The van der Waals surface area contributed by atoms with E-state index in [2.05, 4.69) is 10.1 Å². The number of hydrogen-bond donors (Lipinski definition) is 1. The van der Waals surface area contributed by atoms with Crippen molar-refractivity contribution < 1.29 is 22.7 Å². The lowest BCUT2D eigenvalue weighted by molar-refractivity contribution is 0.0600. The first-order chi connectivity index (χ1) is 12.0. The maximum atomic E-state index is 13.3. The van der Waals surface area contributed by atoms with Gasteiger partial charge in [0.15, 0.2) is 0 Å². The SMILES string of the molecule is CCCN(C1CCNCC1)S(=O)(=O)c1ccc(C(=O)OC)cc1OC.Cl. The third-order valence-electron chi connectivity index (χ3n) is 4.33. The maximum Gasteiger partial charge on any atom is 0.337 e. The zero-order chi connectivity index (χ0) is 18.4. The first-order valence-corrected chi connectivity index (χ1v) is 9.88. The van der Waals surface area contributed by atoms with Gasteiger partial charge < -0.3 is 14.8 Å². The minimum atomic E-state index is -3.73. The van der Waals surface area contributed by atoms with Crippen LogP contribution in [-0.2, 0) is 14.8 Å². The third kappa shape index (κ3) is 4.88. The van der Waals surface area contributed by atoms with Gasteiger partial charge in [-0.1, -0.05) is 6.92 Å². The standard InChI is InChI=1S/C17H26N2O5S.ClH/c1-4-11-19(14-7-9-18-10-8-14)25(21,22)16-6-5-13(17(20)24-3)12-15(16)23-2;/h5-6,12,14,18H,4,7-11H2,1-3H3;1H. The molecule has 0 radical (unpaired) electrons. The molecule has 0 spiro atoms. The number of halogens is 1. The van der Waals surface area contributed by atoms with Gasteiger partial charge in [0.1, 0.15) is 10.6 Å². The van der Waals surface area contributed by atoms with Crippen LogP contribution in [0.1, 0.15) is 36.5 Å². The van der Waals surface area contributed by atoms with Crippen molar-refractivity contribution in [3.05, 3.63) is 23.8 Å². The third-order valence-corrected chi connectivity index (χ3v) is 6.32. The fourth-order valence-electron chi connectivity index (χ4n) is 3.07. The summed E-state index contributed by atoms with van der Waals surface area (Å²) in [6.45, 7) is 4.02. The van der Waals surface area contributed by atoms with Gasteiger partial charge in [0.05, 0.1) is 19.8 Å². The molecule has 1 fully saturated rings. The highest BCUT2D eigenvalue weighted by molar-refractivity contribution is 7.89. The predicted molar refractivity (Wildman–Crippen MR) is 102 cm³/mol. The highest BCUT2D eigenvalue weighted by Crippen LogP contribution is 2.30. The van der Waals surface area contributed by atoms with Crippen molar-refractivity contribution in [2.24, 2.45) is 0 Å². The number of nitrogens with zero attached hydrogens (tertiary/aromatic N) is 1. The van der Waals surface area contributed by atoms with Crippen LogP contribution in [-0.4, -0.2) is 58.6 Å². The number of carbonyl (C=O) groups is 1. The van der Waals surface area contributed by atoms with Crippen LogP contribution in [0, 0.1) is 0 Å². The van der Waals surface area contributed by atoms with E-state index in [1.54, 1.807) is 4.31 Å². The Balaban J connectivity index is 0.00000338. The summed E-state index contributed by atoms with van der Waals surface area (Å²) in [6.07, 6.45) is 2.29. The molecule has 1 N–H and O–H groups in total. The van der Waals surface area contributed by atoms with Gasteiger partial charge in [0.2, 0.25) is 10.0 Å². The Kier molecular flexibility index (Phi) is 8.82. The molecule has 2 rings (SSSR count). The molecule has 1 saturated heterocycles. The first kappa shape index (κ1) is 22.7. The average Bonchev–Trinajstić information content (AvgIpc) is 2.65. The van der Waals surface area contributed by atoms with Crippen LogP contribution in [0.15, 0.2) is 23.1 Å². The van der Waals surface area contributed by atoms with E-state index in [-0.39, 0.29) is 34.7 Å². The molecule has 1 aromatic rings. The van der Waals surface area contributed by atoms with Crippen molar-refractivity contribution in [1.29, 1.82) is 0 Å². The zero-order valence-electron chi connectivity index (χ0n) is 15.4. The second kappa shape index (κ2) is 10.1. The van der Waals surface area contributed by atoms with Crippen LogP contribution >= 0.6 is 12.4 Å². The molecule has 26 heavy (non-hydrogen) atoms. The van der Waals surface area contributed by atoms with Gasteiger partial charge in [-0.2, -0.15) is 4.31 Å². The molecule has 0 bridgehead atoms. The van der Waals surface area contributed by atoms with Gasteiger partial charge in [-0.3, -0.25) is 0 Å². The number of piperidine rings is 1. The number of ether oxygens (including phenoxy) is 2. The van der Waals surface area contributed by atoms with Crippen LogP contribution in [0.3, 0.4) is 0 Å². The fourth-order valence-corrected chi connectivity index (χ4v) is 4.98. The summed E-state index contributed by atoms with van der Waals surface area (Å²) >= 11 is 0. The van der Waals surface area contributed by atoms with Crippen molar-refractivity contribution in [3.8, 4) is 5.75 Å². The Bertz CT molecular complexity index is 705. The number of carbonyl (C=O) groups excluding carboxylic acids is 1. The molecule has 0 unspecified atom stereocenters. The van der Waals surface area contributed by atoms with Crippen molar-refractivity contribution in [2.75, 3.05) is 33.9 Å². The minimum Gasteiger partial charge on any atom is -0.495 e. The number of nitrogens with one attached hydrogen (secondary N) is 1. The van der Waals surface area contributed by atoms with Gasteiger partial charge >= 0.3 is 5.97 Å². The van der Waals surface area contributed by atoms with E-state index in [0.29, 0.717) is 6.54 Å². The van der Waals surface area contributed by atoms with Gasteiger partial charge in [-0.05, 0) is 50.6 Å². The molecule has 1 heterocycles. The van der Waals surface area contributed by atoms with E-state index >= 15 is 0 Å². The Morgan fingerprint density at radius 1 is 1.27 bits per heavy atom. The summed E-state index contributed by atoms with van der Waals surface area (Å²) in [6, 6.07) is 4.25. The number of hydrogen-bond acceptors (Lipinski definition) is 6. The molecule has 0 atom stereocenters. The molecule has 1 aromatic carbocycles. The zero-order valence-corrected chi connectivity index (χ0v) is 17.0. The van der Waals surface area contributed by atoms with E-state index in [9.17, 15) is 13.2 Å². The molecule has 0 aromatic heterocycles. The Morgan fingerprint density at radius 3 is 2.46 bits per heavy atom. The van der Waals surface area contributed by atoms with E-state index in [1.807, 2.05) is 6.92 Å². The van der Waals surface area contributed by atoms with Crippen molar-refractivity contribution in [1.82, 2.24) is 9.62 Å². The lowest BCUT2D eigenvalue weighted by Crippen LogP contribution is -2.46. The predicted octanol–water partition coefficient (Wildman–Crippen LogP) is 2.06. The second-order valence-electron chi connectivity index (χ2n) is 5.95. The van der Waals surface area contributed by atoms with Crippen LogP contribution in [0.4, 0.5) is 0 Å². The van der Waals surface area contributed by atoms with Crippen molar-refractivity contribution in [2.45, 2.75) is 37.1 Å². The molecule has 148 valence electrons. The molecular weight excluding hydrogens is 380 g/mol. The van der Waals surface area contributed by atoms with Crippen LogP contribution in [0.25, 0.3) is 0 Å². The quantitative estimate of drug-likeness (QED) is 0.697. The molecule has 0 saturated carbocycles. The summed E-state index contributed by atoms with van der Waals surface area (Å²) in [5.74, 6) is -0.385. The van der Waals surface area contributed by atoms with E-state index in [0.717, 1.165) is 32.4 Å². The molecule has 1 aliphatic heterocycles. The number of esters is 1. The average molecular weight is 407 g/mol. The molecule has 0 amide bonds. The largest absolute Gasteiger partial charge is 0.495 e. The number of sulfonamides is 1. The van der Waals surface area contributed by atoms with Gasteiger partial charge in [-0.15, -0.1) is 12.4 Å². The summed E-state index contributed by atoms with van der Waals surface area (Å²) in [5, 5.41) is 3.25. The van der Waals surface area contributed by atoms with E-state index < -0.39 is 16.0 Å². The van der Waals surface area contributed by atoms with Crippen molar-refractivity contribution in [3.63, 3.8) is 0 Å². The van der Waals surface area contributed by atoms with Crippen LogP contribution in [0.5, 0.6) is 5.75 Å². The summed E-state index contributed by atoms with van der Waals surface area (Å²) in [7, 11) is -1.06. The Labute approximate surface area is 161 Å². The van der Waals surface area contributed by atoms with E-state index in [4.69, 9.17) is 4.74 Å². The van der Waals surface area contributed by atoms with Gasteiger partial charge in [0.25, 0.3) is 0 Å². The monoisotopic (exact) mass is 406 g/mol. The first-order valence-electron chi connectivity index (χ1n) is 8.44. The molecule has 7 nitrogen and oxygen atoms in total. The number of benzene rings is 1. The maximum absolute atomic E-state index is 13.3. The molecule has 1 aliphatic rings. The Morgan fingerprint density at radius 2 is 1.92 bits per heavy atom. The molecule has 9 heteroatoms. The topological polar surface area (TPSA) is 84.9 Å². The van der Waals surface area contributed by atoms with Crippen LogP contribution in [0.2, 0.25) is 0 Å². The highest BCUT2D eigenvalue weighted by Gasteiger charge is 2.34. The van der Waals surface area contributed by atoms with Gasteiger partial charge in [-0.25, -0.2) is 13.2 Å². The molecule has 0 aliphatic carbocycles. The molecular formula is C17H27ClN2O5S. The minimum absolute atomic E-state index is 0. The van der Waals surface area contributed by atoms with Crippen LogP contribution < -0.4 is 10.1 Å². The normalized spacial score (nSPS) is 15.4. The van der Waals surface area contributed by atoms with E-state index in [1.165, 1.54) is 32.4 Å². The fraction of sp³-hybridized carbons (Fsp3) is 0.588. The lowest BCUT2D eigenvalue weighted by atomic mass is 10.1. The summed E-state index contributed by atoms with van der Waals surface area (Å²) < 4.78 is 38.0. The lowest BCUT2D eigenvalue weighted by Gasteiger charge is -2.33. The van der Waals surface area contributed by atoms with Crippen molar-refractivity contribution >= 4 is 28.4 Å². The smallest absolute Gasteiger partial charge is 0.337 e. The van der Waals surface area contributed by atoms with Gasteiger partial charge in [0, 0.05) is 12.6 Å². The summed E-state index contributed by atoms with van der Waals surface area (Å²) in [4.78, 5) is 11.8. The number of methoxy groups -OCH3 is 2.